The number of rotatable bonds is 16. The van der Waals surface area contributed by atoms with E-state index in [2.05, 4.69) is 36.4 Å². The monoisotopic (exact) mass is 894 g/mol. The Bertz CT molecular complexity index is 1750. The van der Waals surface area contributed by atoms with E-state index in [-0.39, 0.29) is 10.9 Å². The van der Waals surface area contributed by atoms with E-state index < -0.39 is 57.1 Å². The molecule has 0 unspecified atom stereocenters. The maximum absolute atomic E-state index is 13.0. The minimum Gasteiger partial charge on any atom is -0.743 e. The van der Waals surface area contributed by atoms with Crippen LogP contribution in [0.25, 0.3) is 0 Å². The van der Waals surface area contributed by atoms with Crippen LogP contribution in [0.1, 0.15) is 20.8 Å². The second-order valence-electron chi connectivity index (χ2n) is 10.9. The van der Waals surface area contributed by atoms with E-state index >= 15 is 0 Å². The summed E-state index contributed by atoms with van der Waals surface area (Å²) in [4.78, 5) is 3.74. The second-order valence-corrected chi connectivity index (χ2v) is 14.4. The normalized spacial score (nSPS) is 13.9. The first-order valence-electron chi connectivity index (χ1n) is 15.3. The highest BCUT2D eigenvalue weighted by Crippen LogP contribution is 2.64. The van der Waals surface area contributed by atoms with Crippen LogP contribution in [0, 0.1) is 0 Å². The van der Waals surface area contributed by atoms with E-state index in [0.717, 1.165) is 17.2 Å². The molecule has 0 heterocycles. The Labute approximate surface area is 315 Å². The Morgan fingerprint density at radius 2 is 0.667 bits per heavy atom. The van der Waals surface area contributed by atoms with Crippen LogP contribution in [0.4, 0.5) is 74.6 Å². The van der Waals surface area contributed by atoms with Gasteiger partial charge in [-0.2, -0.15) is 74.6 Å². The summed E-state index contributed by atoms with van der Waals surface area (Å²) in [5.74, 6) is -49.5. The number of hydrogen-bond acceptors (Lipinski definition) is 6. The fourth-order valence-electron chi connectivity index (χ4n) is 4.23. The van der Waals surface area contributed by atoms with Crippen molar-refractivity contribution >= 4 is 21.0 Å². The number of ether oxygens (including phenoxy) is 3. The molecule has 3 rings (SSSR count). The van der Waals surface area contributed by atoms with Gasteiger partial charge in [-0.05, 0) is 93.6 Å². The molecule has 0 saturated carbocycles. The number of alkyl halides is 17. The molecule has 57 heavy (non-hydrogen) atoms. The molecule has 0 atom stereocenters. The van der Waals surface area contributed by atoms with Crippen LogP contribution in [-0.2, 0) is 21.0 Å². The molecule has 0 fully saturated rings. The Morgan fingerprint density at radius 3 is 0.877 bits per heavy atom. The van der Waals surface area contributed by atoms with Gasteiger partial charge in [0.15, 0.2) is 24.8 Å². The lowest BCUT2D eigenvalue weighted by Crippen LogP contribution is -2.75. The van der Waals surface area contributed by atoms with E-state index in [1.54, 1.807) is 0 Å². The van der Waals surface area contributed by atoms with Gasteiger partial charge in [-0.3, -0.25) is 0 Å². The molecular formula is C32H27F17O6S2. The highest BCUT2D eigenvalue weighted by Gasteiger charge is 2.95. The number of halogens is 17. The minimum absolute atomic E-state index is 0.218. The van der Waals surface area contributed by atoms with Gasteiger partial charge in [0.05, 0.1) is 30.7 Å². The highest BCUT2D eigenvalue weighted by molar-refractivity contribution is 7.97. The summed E-state index contributed by atoms with van der Waals surface area (Å²) in [5, 5.41) is -7.95. The fourth-order valence-corrected chi connectivity index (χ4v) is 6.71. The van der Waals surface area contributed by atoms with Gasteiger partial charge >= 0.3 is 47.0 Å². The second kappa shape index (κ2) is 17.2. The van der Waals surface area contributed by atoms with Crippen LogP contribution >= 0.6 is 0 Å². The van der Waals surface area contributed by atoms with Crippen molar-refractivity contribution in [3.63, 3.8) is 0 Å². The predicted molar refractivity (Wildman–Crippen MR) is 165 cm³/mol. The van der Waals surface area contributed by atoms with Gasteiger partial charge in [0.25, 0.3) is 0 Å². The van der Waals surface area contributed by atoms with Crippen LogP contribution in [0.3, 0.4) is 0 Å². The van der Waals surface area contributed by atoms with Crippen molar-refractivity contribution in [3.8, 4) is 17.2 Å². The Morgan fingerprint density at radius 1 is 0.439 bits per heavy atom. The summed E-state index contributed by atoms with van der Waals surface area (Å²) in [6.07, 6.45) is -7.89. The van der Waals surface area contributed by atoms with Crippen molar-refractivity contribution in [2.24, 2.45) is 0 Å². The van der Waals surface area contributed by atoms with Crippen molar-refractivity contribution in [2.75, 3.05) is 19.8 Å². The molecule has 25 heteroatoms. The maximum Gasteiger partial charge on any atom is 0.460 e. The molecule has 0 aromatic heterocycles. The third kappa shape index (κ3) is 9.23. The van der Waals surface area contributed by atoms with Gasteiger partial charge in [0, 0.05) is 0 Å². The first-order chi connectivity index (χ1) is 25.7. The van der Waals surface area contributed by atoms with Crippen LogP contribution < -0.4 is 14.2 Å². The van der Waals surface area contributed by atoms with Gasteiger partial charge in [-0.15, -0.1) is 0 Å². The van der Waals surface area contributed by atoms with E-state index in [9.17, 15) is 87.6 Å². The summed E-state index contributed by atoms with van der Waals surface area (Å²) >= 11 is 0. The van der Waals surface area contributed by atoms with Gasteiger partial charge in [0.1, 0.15) is 17.2 Å². The first-order valence-corrected chi connectivity index (χ1v) is 18.0. The molecule has 0 saturated heterocycles. The zero-order chi connectivity index (χ0) is 44.3. The van der Waals surface area contributed by atoms with Gasteiger partial charge in [-0.25, -0.2) is 8.42 Å². The van der Waals surface area contributed by atoms with Crippen LogP contribution in [-0.4, -0.2) is 79.8 Å². The molecule has 0 N–H and O–H groups in total. The molecule has 0 aliphatic rings. The predicted octanol–water partition coefficient (Wildman–Crippen LogP) is 10.5. The molecule has 322 valence electrons. The van der Waals surface area contributed by atoms with E-state index in [0.29, 0.717) is 19.8 Å². The summed E-state index contributed by atoms with van der Waals surface area (Å²) in [7, 11) is -8.36. The van der Waals surface area contributed by atoms with Crippen molar-refractivity contribution < 1.29 is 102 Å². The van der Waals surface area contributed by atoms with Gasteiger partial charge in [-0.1, -0.05) is 0 Å². The molecule has 3 aromatic carbocycles. The molecule has 3 aromatic rings. The van der Waals surface area contributed by atoms with Crippen LogP contribution in [0.15, 0.2) is 87.5 Å². The van der Waals surface area contributed by atoms with Crippen molar-refractivity contribution in [2.45, 2.75) is 82.4 Å². The quantitative estimate of drug-likeness (QED) is 0.0809. The van der Waals surface area contributed by atoms with Crippen molar-refractivity contribution in [3.05, 3.63) is 72.8 Å². The molecule has 0 aliphatic heterocycles. The molecule has 6 nitrogen and oxygen atoms in total. The van der Waals surface area contributed by atoms with Crippen molar-refractivity contribution in [1.82, 2.24) is 0 Å². The SMILES string of the molecule is CCOc1ccc([S+](c2ccc(OCC)cc2)c2ccc(OCC)cc2)cc1.O=S(=O)([O-])C(F)(F)C(F)(F)C(F)(F)C(F)(F)C(F)(F)C(F)(F)C(F)(F)C(F)(F)F. The van der Waals surface area contributed by atoms with E-state index in [4.69, 9.17) is 14.2 Å². The van der Waals surface area contributed by atoms with E-state index in [1.807, 2.05) is 57.2 Å². The Balaban J connectivity index is 0.000000393. The lowest BCUT2D eigenvalue weighted by atomic mass is 9.91. The lowest BCUT2D eigenvalue weighted by Gasteiger charge is -2.42. The molecule has 0 bridgehead atoms. The topological polar surface area (TPSA) is 84.9 Å². The van der Waals surface area contributed by atoms with Crippen molar-refractivity contribution in [1.29, 1.82) is 0 Å². The van der Waals surface area contributed by atoms with Gasteiger partial charge < -0.3 is 18.8 Å². The Hall–Kier alpha value is -3.87. The molecular weight excluding hydrogens is 867 g/mol. The largest absolute Gasteiger partial charge is 0.743 e. The fraction of sp³-hybridized carbons (Fsp3) is 0.438. The van der Waals surface area contributed by atoms with Gasteiger partial charge in [0.2, 0.25) is 0 Å². The molecule has 0 spiro atoms. The third-order valence-electron chi connectivity index (χ3n) is 7.12. The molecule has 0 radical (unpaired) electrons. The van der Waals surface area contributed by atoms with Crippen LogP contribution in [0.5, 0.6) is 17.2 Å². The highest BCUT2D eigenvalue weighted by atomic mass is 32.2. The minimum atomic E-state index is -8.92. The average molecular weight is 895 g/mol. The summed E-state index contributed by atoms with van der Waals surface area (Å²) in [5.41, 5.74) is 0. The standard InChI is InChI=1S/C24H27O3S.C8HF17O3S/c1-4-25-19-7-13-22(14-8-19)28(23-15-9-20(10-16-23)26-5-2)24-17-11-21(12-18-24)27-6-3;9-1(10,3(13,14)5(17,18)7(21,22)23)2(11,12)4(15,16)6(19,20)8(24,25)29(26,27)28/h7-18H,4-6H2,1-3H3;(H,26,27,28)/q+1;/p-1. The molecule has 0 amide bonds. The van der Waals surface area contributed by atoms with Crippen LogP contribution in [0.2, 0.25) is 0 Å². The number of hydrogen-bond donors (Lipinski definition) is 0. The zero-order valence-corrected chi connectivity index (χ0v) is 30.4. The summed E-state index contributed by atoms with van der Waals surface area (Å²) in [6, 6.07) is 25.2. The maximum atomic E-state index is 13.0. The first kappa shape index (κ1) is 49.3. The molecule has 0 aliphatic carbocycles. The summed E-state index contributed by atoms with van der Waals surface area (Å²) in [6.45, 7) is 8.00. The lowest BCUT2D eigenvalue weighted by molar-refractivity contribution is -0.458. The average Bonchev–Trinajstić information content (AvgIpc) is 3.10. The zero-order valence-electron chi connectivity index (χ0n) is 28.7. The Kier molecular flexibility index (Phi) is 14.8. The smallest absolute Gasteiger partial charge is 0.460 e. The van der Waals surface area contributed by atoms with E-state index in [1.165, 1.54) is 14.7 Å². The summed E-state index contributed by atoms with van der Waals surface area (Å²) < 4.78 is 261. The third-order valence-corrected chi connectivity index (χ3v) is 10.2. The number of benzene rings is 3.